The van der Waals surface area contributed by atoms with Crippen LogP contribution in [0, 0.1) is 13.8 Å². The zero-order valence-corrected chi connectivity index (χ0v) is 13.2. The van der Waals surface area contributed by atoms with Crippen molar-refractivity contribution in [3.63, 3.8) is 0 Å². The Balaban J connectivity index is 2.27. The van der Waals surface area contributed by atoms with Gasteiger partial charge < -0.3 is 5.11 Å². The van der Waals surface area contributed by atoms with E-state index in [1.165, 1.54) is 16.0 Å². The first-order chi connectivity index (χ1) is 9.81. The molecule has 0 aliphatic heterocycles. The molecular weight excluding hydrogens is 314 g/mol. The minimum absolute atomic E-state index is 0.0407. The van der Waals surface area contributed by atoms with Gasteiger partial charge in [0, 0.05) is 6.54 Å². The summed E-state index contributed by atoms with van der Waals surface area (Å²) in [4.78, 5) is 10.8. The van der Waals surface area contributed by atoms with Gasteiger partial charge in [0.1, 0.15) is 11.4 Å². The van der Waals surface area contributed by atoms with Crippen molar-refractivity contribution >= 4 is 27.3 Å². The monoisotopic (exact) mass is 329 g/mol. The van der Waals surface area contributed by atoms with Crippen LogP contribution in [0.1, 0.15) is 17.0 Å². The molecule has 0 aliphatic rings. The van der Waals surface area contributed by atoms with Crippen LogP contribution in [-0.4, -0.2) is 29.3 Å². The summed E-state index contributed by atoms with van der Waals surface area (Å²) in [7, 11) is -3.73. The number of carboxylic acids is 1. The fourth-order valence-electron chi connectivity index (χ4n) is 2.00. The van der Waals surface area contributed by atoms with Crippen LogP contribution < -0.4 is 4.72 Å². The van der Waals surface area contributed by atoms with Crippen molar-refractivity contribution in [2.45, 2.75) is 31.8 Å². The Morgan fingerprint density at radius 2 is 2.19 bits per heavy atom. The van der Waals surface area contributed by atoms with Crippen molar-refractivity contribution in [3.8, 4) is 0 Å². The number of carboxylic acid groups (broad SMARTS) is 1. The second-order valence-corrected chi connectivity index (χ2v) is 6.99. The minimum Gasteiger partial charge on any atom is -0.480 e. The lowest BCUT2D eigenvalue weighted by molar-refractivity contribution is -0.137. The van der Waals surface area contributed by atoms with E-state index in [1.807, 2.05) is 16.8 Å². The Morgan fingerprint density at radius 1 is 1.48 bits per heavy atom. The summed E-state index contributed by atoms with van der Waals surface area (Å²) in [5.41, 5.74) is 1.47. The normalized spacial score (nSPS) is 11.7. The van der Waals surface area contributed by atoms with Gasteiger partial charge in [0.2, 0.25) is 10.0 Å². The van der Waals surface area contributed by atoms with Gasteiger partial charge in [0.25, 0.3) is 0 Å². The van der Waals surface area contributed by atoms with E-state index in [2.05, 4.69) is 9.82 Å². The van der Waals surface area contributed by atoms with Gasteiger partial charge >= 0.3 is 5.97 Å². The number of rotatable bonds is 6. The quantitative estimate of drug-likeness (QED) is 0.827. The maximum Gasteiger partial charge on any atom is 0.325 e. The first-order valence-corrected chi connectivity index (χ1v) is 8.50. The molecule has 0 bridgehead atoms. The molecule has 0 spiro atoms. The zero-order valence-electron chi connectivity index (χ0n) is 11.5. The van der Waals surface area contributed by atoms with Crippen molar-refractivity contribution < 1.29 is 18.3 Å². The molecule has 0 saturated carbocycles. The van der Waals surface area contributed by atoms with Crippen molar-refractivity contribution in [2.75, 3.05) is 0 Å². The van der Waals surface area contributed by atoms with Gasteiger partial charge in [-0.15, -0.1) is 0 Å². The van der Waals surface area contributed by atoms with E-state index >= 15 is 0 Å². The number of aromatic nitrogens is 2. The maximum absolute atomic E-state index is 12.4. The molecule has 2 rings (SSSR count). The van der Waals surface area contributed by atoms with Crippen LogP contribution in [0.3, 0.4) is 0 Å². The summed E-state index contributed by atoms with van der Waals surface area (Å²) in [5.74, 6) is -1.07. The number of thiophene rings is 1. The molecule has 0 fully saturated rings. The van der Waals surface area contributed by atoms with E-state index in [1.54, 1.807) is 13.8 Å². The predicted octanol–water partition coefficient (Wildman–Crippen LogP) is 1.12. The van der Waals surface area contributed by atoms with E-state index in [0.29, 0.717) is 5.69 Å². The van der Waals surface area contributed by atoms with Crippen LogP contribution >= 0.6 is 11.3 Å². The standard InChI is InChI=1S/C12H15N3O4S2/c1-8-12(9(2)15(14-8)6-11(16)17)21(18,19)13-5-10-3-4-20-7-10/h3-4,7,13H,5-6H2,1-2H3,(H,16,17). The van der Waals surface area contributed by atoms with Crippen LogP contribution in [0.4, 0.5) is 0 Å². The molecule has 2 heterocycles. The number of sulfonamides is 1. The Labute approximate surface area is 126 Å². The van der Waals surface area contributed by atoms with Crippen LogP contribution in [0.25, 0.3) is 0 Å². The Morgan fingerprint density at radius 3 is 2.76 bits per heavy atom. The highest BCUT2D eigenvalue weighted by atomic mass is 32.2. The maximum atomic E-state index is 12.4. The SMILES string of the molecule is Cc1nn(CC(=O)O)c(C)c1S(=O)(=O)NCc1ccsc1. The van der Waals surface area contributed by atoms with Crippen LogP contribution in [-0.2, 0) is 27.9 Å². The molecule has 9 heteroatoms. The lowest BCUT2D eigenvalue weighted by Crippen LogP contribution is -2.24. The van der Waals surface area contributed by atoms with Gasteiger partial charge in [-0.25, -0.2) is 13.1 Å². The number of hydrogen-bond acceptors (Lipinski definition) is 5. The largest absolute Gasteiger partial charge is 0.480 e. The molecule has 2 aromatic rings. The minimum atomic E-state index is -3.73. The topological polar surface area (TPSA) is 101 Å². The number of carbonyl (C=O) groups is 1. The fraction of sp³-hybridized carbons (Fsp3) is 0.333. The van der Waals surface area contributed by atoms with E-state index in [4.69, 9.17) is 5.11 Å². The van der Waals surface area contributed by atoms with E-state index in [-0.39, 0.29) is 23.7 Å². The Hall–Kier alpha value is -1.71. The number of aryl methyl sites for hydroxylation is 1. The molecule has 114 valence electrons. The third-order valence-electron chi connectivity index (χ3n) is 2.92. The smallest absolute Gasteiger partial charge is 0.325 e. The highest BCUT2D eigenvalue weighted by Crippen LogP contribution is 2.19. The molecule has 0 radical (unpaired) electrons. The van der Waals surface area contributed by atoms with Gasteiger partial charge in [0.05, 0.1) is 11.4 Å². The van der Waals surface area contributed by atoms with Gasteiger partial charge in [-0.2, -0.15) is 16.4 Å². The van der Waals surface area contributed by atoms with E-state index < -0.39 is 16.0 Å². The van der Waals surface area contributed by atoms with Gasteiger partial charge in [-0.05, 0) is 36.2 Å². The molecular formula is C12H15N3O4S2. The Kier molecular flexibility index (Phi) is 4.45. The summed E-state index contributed by atoms with van der Waals surface area (Å²) in [6.07, 6.45) is 0. The molecule has 7 nitrogen and oxygen atoms in total. The number of hydrogen-bond donors (Lipinski definition) is 2. The molecule has 0 atom stereocenters. The number of aliphatic carboxylic acids is 1. The number of nitrogens with one attached hydrogen (secondary N) is 1. The average molecular weight is 329 g/mol. The molecule has 0 aliphatic carbocycles. The lowest BCUT2D eigenvalue weighted by Gasteiger charge is -2.06. The lowest BCUT2D eigenvalue weighted by atomic mass is 10.4. The molecule has 0 unspecified atom stereocenters. The zero-order chi connectivity index (χ0) is 15.6. The predicted molar refractivity (Wildman–Crippen MR) is 77.7 cm³/mol. The van der Waals surface area contributed by atoms with E-state index in [9.17, 15) is 13.2 Å². The molecule has 0 aromatic carbocycles. The van der Waals surface area contributed by atoms with Crippen LogP contribution in [0.15, 0.2) is 21.7 Å². The first kappa shape index (κ1) is 15.7. The summed E-state index contributed by atoms with van der Waals surface area (Å²) in [6, 6.07) is 1.83. The van der Waals surface area contributed by atoms with Crippen LogP contribution in [0.2, 0.25) is 0 Å². The fourth-order valence-corrected chi connectivity index (χ4v) is 4.09. The first-order valence-electron chi connectivity index (χ1n) is 6.08. The Bertz CT molecular complexity index is 748. The molecule has 0 amide bonds. The third-order valence-corrected chi connectivity index (χ3v) is 5.30. The second kappa shape index (κ2) is 5.96. The molecule has 2 aromatic heterocycles. The van der Waals surface area contributed by atoms with Gasteiger partial charge in [-0.3, -0.25) is 9.48 Å². The number of nitrogens with zero attached hydrogens (tertiary/aromatic N) is 2. The summed E-state index contributed by atoms with van der Waals surface area (Å²) in [6.45, 7) is 2.91. The molecule has 0 saturated heterocycles. The highest BCUT2D eigenvalue weighted by Gasteiger charge is 2.25. The van der Waals surface area contributed by atoms with Crippen LogP contribution in [0.5, 0.6) is 0 Å². The van der Waals surface area contributed by atoms with Crippen molar-refractivity contribution in [1.82, 2.24) is 14.5 Å². The van der Waals surface area contributed by atoms with Crippen molar-refractivity contribution in [2.24, 2.45) is 0 Å². The van der Waals surface area contributed by atoms with Crippen molar-refractivity contribution in [3.05, 3.63) is 33.8 Å². The van der Waals surface area contributed by atoms with Crippen molar-refractivity contribution in [1.29, 1.82) is 0 Å². The summed E-state index contributed by atoms with van der Waals surface area (Å²) >= 11 is 1.49. The average Bonchev–Trinajstić information content (AvgIpc) is 2.96. The summed E-state index contributed by atoms with van der Waals surface area (Å²) < 4.78 is 28.4. The van der Waals surface area contributed by atoms with Gasteiger partial charge in [-0.1, -0.05) is 0 Å². The molecule has 21 heavy (non-hydrogen) atoms. The van der Waals surface area contributed by atoms with E-state index in [0.717, 1.165) is 5.56 Å². The second-order valence-electron chi connectivity index (χ2n) is 4.51. The third kappa shape index (κ3) is 3.49. The molecule has 2 N–H and O–H groups in total. The van der Waals surface area contributed by atoms with Gasteiger partial charge in [0.15, 0.2) is 0 Å². The highest BCUT2D eigenvalue weighted by molar-refractivity contribution is 7.89. The summed E-state index contributed by atoms with van der Waals surface area (Å²) in [5, 5.41) is 16.5.